The number of rotatable bonds is 3. The highest BCUT2D eigenvalue weighted by Gasteiger charge is 2.12. The van der Waals surface area contributed by atoms with Crippen LogP contribution < -0.4 is 10.1 Å². The first-order valence-corrected chi connectivity index (χ1v) is 11.8. The van der Waals surface area contributed by atoms with Gasteiger partial charge >= 0.3 is 0 Å². The minimum Gasteiger partial charge on any atom is -0.319 e. The maximum absolute atomic E-state index is 12.7. The average Bonchev–Trinajstić information content (AvgIpc) is 3.19. The van der Waals surface area contributed by atoms with E-state index in [0.29, 0.717) is 21.5 Å². The normalized spacial score (nSPS) is 11.6. The third kappa shape index (κ3) is 4.19. The van der Waals surface area contributed by atoms with Crippen molar-refractivity contribution in [2.45, 2.75) is 0 Å². The Bertz CT molecular complexity index is 1630. The van der Waals surface area contributed by atoms with Gasteiger partial charge in [-0.25, -0.2) is 0 Å². The summed E-state index contributed by atoms with van der Waals surface area (Å²) in [5, 5.41) is 5.04. The van der Waals surface area contributed by atoms with Gasteiger partial charge in [0.25, 0.3) is 5.91 Å². The van der Waals surface area contributed by atoms with Crippen LogP contribution >= 0.6 is 23.6 Å². The summed E-state index contributed by atoms with van der Waals surface area (Å²) in [6.45, 7) is 0. The number of thiocarbonyl (C=S) groups is 1. The van der Waals surface area contributed by atoms with E-state index in [2.05, 4.69) is 34.6 Å². The van der Waals surface area contributed by atoms with Gasteiger partial charge in [-0.3, -0.25) is 14.9 Å². The third-order valence-electron chi connectivity index (χ3n) is 5.55. The van der Waals surface area contributed by atoms with Crippen LogP contribution in [-0.2, 0) is 7.05 Å². The van der Waals surface area contributed by atoms with Crippen LogP contribution in [0.15, 0.2) is 96.0 Å². The zero-order valence-corrected chi connectivity index (χ0v) is 19.8. The number of aryl methyl sites for hydroxylation is 1. The molecule has 0 fully saturated rings. The highest BCUT2D eigenvalue weighted by atomic mass is 32.1. The summed E-state index contributed by atoms with van der Waals surface area (Å²) in [5.74, 6) is -0.468. The molecule has 4 aromatic carbocycles. The van der Waals surface area contributed by atoms with Gasteiger partial charge < -0.3 is 4.57 Å². The van der Waals surface area contributed by atoms with Crippen molar-refractivity contribution in [3.05, 3.63) is 112 Å². The molecular formula is C27H19N3O2S2. The fourth-order valence-electron chi connectivity index (χ4n) is 3.84. The number of nitrogens with one attached hydrogen (secondary N) is 1. The van der Waals surface area contributed by atoms with Crippen molar-refractivity contribution >= 4 is 61.3 Å². The van der Waals surface area contributed by atoms with Crippen molar-refractivity contribution in [3.8, 4) is 0 Å². The minimum atomic E-state index is -0.373. The maximum atomic E-state index is 12.7. The van der Waals surface area contributed by atoms with E-state index < -0.39 is 0 Å². The molecule has 1 amide bonds. The quantitative estimate of drug-likeness (QED) is 0.283. The molecule has 1 heterocycles. The Morgan fingerprint density at radius 1 is 0.824 bits per heavy atom. The summed E-state index contributed by atoms with van der Waals surface area (Å²) in [6, 6.07) is 27.9. The number of fused-ring (bicyclic) bond motifs is 3. The van der Waals surface area contributed by atoms with Crippen molar-refractivity contribution in [1.82, 2.24) is 9.88 Å². The molecule has 0 spiro atoms. The number of hydrogen-bond donors (Lipinski definition) is 1. The van der Waals surface area contributed by atoms with Crippen LogP contribution in [0.1, 0.15) is 26.3 Å². The molecule has 0 saturated carbocycles. The number of thiazole rings is 1. The highest BCUT2D eigenvalue weighted by molar-refractivity contribution is 7.80. The van der Waals surface area contributed by atoms with Crippen LogP contribution in [0.25, 0.3) is 21.0 Å². The number of nitrogens with zero attached hydrogens (tertiary/aromatic N) is 2. The van der Waals surface area contributed by atoms with Crippen molar-refractivity contribution in [2.24, 2.45) is 12.0 Å². The molecule has 0 unspecified atom stereocenters. The largest absolute Gasteiger partial charge is 0.319 e. The molecule has 0 radical (unpaired) electrons. The predicted octanol–water partition coefficient (Wildman–Crippen LogP) is 5.24. The molecule has 1 N–H and O–H groups in total. The zero-order chi connectivity index (χ0) is 23.7. The lowest BCUT2D eigenvalue weighted by atomic mass is 10.0. The van der Waals surface area contributed by atoms with Crippen LogP contribution in [0.3, 0.4) is 0 Å². The number of aromatic nitrogens is 1. The maximum Gasteiger partial charge on any atom is 0.257 e. The van der Waals surface area contributed by atoms with E-state index in [0.717, 1.165) is 21.0 Å². The van der Waals surface area contributed by atoms with Crippen molar-refractivity contribution in [1.29, 1.82) is 0 Å². The van der Waals surface area contributed by atoms with Gasteiger partial charge in [0.1, 0.15) is 0 Å². The molecule has 1 aromatic heterocycles. The standard InChI is InChI=1S/C27H19N3O2S2/c1-30-23-21-10-6-5-7-17(21)15-16-22(23)34-27(30)29-26(33)28-25(32)20-13-11-19(12-14-20)24(31)18-8-3-2-4-9-18/h2-16H,1H3,(H,28,32,33). The second kappa shape index (κ2) is 9.13. The van der Waals surface area contributed by atoms with Crippen LogP contribution in [-0.4, -0.2) is 21.4 Å². The average molecular weight is 482 g/mol. The van der Waals surface area contributed by atoms with E-state index in [1.807, 2.05) is 41.9 Å². The Balaban J connectivity index is 1.36. The van der Waals surface area contributed by atoms with Gasteiger partial charge in [-0.1, -0.05) is 84.1 Å². The smallest absolute Gasteiger partial charge is 0.257 e. The van der Waals surface area contributed by atoms with Crippen LogP contribution in [0, 0.1) is 0 Å². The third-order valence-corrected chi connectivity index (χ3v) is 6.84. The summed E-state index contributed by atoms with van der Waals surface area (Å²) in [6.07, 6.45) is 0. The predicted molar refractivity (Wildman–Crippen MR) is 140 cm³/mol. The van der Waals surface area contributed by atoms with Crippen molar-refractivity contribution in [3.63, 3.8) is 0 Å². The topological polar surface area (TPSA) is 63.5 Å². The van der Waals surface area contributed by atoms with E-state index >= 15 is 0 Å². The summed E-state index contributed by atoms with van der Waals surface area (Å²) < 4.78 is 3.08. The van der Waals surface area contributed by atoms with Gasteiger partial charge in [0.05, 0.1) is 10.2 Å². The van der Waals surface area contributed by atoms with E-state index in [1.54, 1.807) is 36.4 Å². The van der Waals surface area contributed by atoms with Gasteiger partial charge in [-0.2, -0.15) is 4.99 Å². The molecule has 0 saturated heterocycles. The summed E-state index contributed by atoms with van der Waals surface area (Å²) >= 11 is 6.86. The molecule has 0 atom stereocenters. The molecule has 166 valence electrons. The fraction of sp³-hybridized carbons (Fsp3) is 0.0370. The van der Waals surface area contributed by atoms with Crippen molar-refractivity contribution in [2.75, 3.05) is 0 Å². The van der Waals surface area contributed by atoms with E-state index in [4.69, 9.17) is 12.2 Å². The van der Waals surface area contributed by atoms with Crippen LogP contribution in [0.5, 0.6) is 0 Å². The van der Waals surface area contributed by atoms with E-state index in [9.17, 15) is 9.59 Å². The van der Waals surface area contributed by atoms with Gasteiger partial charge in [-0.05, 0) is 35.8 Å². The number of carbonyl (C=O) groups excluding carboxylic acids is 2. The van der Waals surface area contributed by atoms with Gasteiger partial charge in [0, 0.05) is 29.1 Å². The number of ketones is 1. The Hall–Kier alpha value is -3.94. The summed E-state index contributed by atoms with van der Waals surface area (Å²) in [4.78, 5) is 30.4. The van der Waals surface area contributed by atoms with Gasteiger partial charge in [0.15, 0.2) is 10.6 Å². The van der Waals surface area contributed by atoms with Gasteiger partial charge in [0.2, 0.25) is 5.11 Å². The number of amides is 1. The monoisotopic (exact) mass is 481 g/mol. The second-order valence-electron chi connectivity index (χ2n) is 7.72. The number of benzene rings is 4. The molecule has 5 rings (SSSR count). The Morgan fingerprint density at radius 2 is 1.47 bits per heavy atom. The second-order valence-corrected chi connectivity index (χ2v) is 9.12. The molecule has 0 aliphatic carbocycles. The summed E-state index contributed by atoms with van der Waals surface area (Å²) in [7, 11) is 1.94. The van der Waals surface area contributed by atoms with E-state index in [1.165, 1.54) is 11.3 Å². The number of carbonyl (C=O) groups is 2. The summed E-state index contributed by atoms with van der Waals surface area (Å²) in [5.41, 5.74) is 2.59. The lowest BCUT2D eigenvalue weighted by Gasteiger charge is -2.05. The van der Waals surface area contributed by atoms with Crippen molar-refractivity contribution < 1.29 is 9.59 Å². The molecule has 0 aliphatic rings. The minimum absolute atomic E-state index is 0.0842. The van der Waals surface area contributed by atoms with Gasteiger partial charge in [-0.15, -0.1) is 0 Å². The lowest BCUT2D eigenvalue weighted by molar-refractivity contribution is 0.0975. The first-order chi connectivity index (χ1) is 16.5. The molecule has 34 heavy (non-hydrogen) atoms. The lowest BCUT2D eigenvalue weighted by Crippen LogP contribution is -2.29. The molecule has 7 heteroatoms. The Morgan fingerprint density at radius 3 is 2.24 bits per heavy atom. The molecule has 5 aromatic rings. The van der Waals surface area contributed by atoms with E-state index in [-0.39, 0.29) is 16.8 Å². The highest BCUT2D eigenvalue weighted by Crippen LogP contribution is 2.26. The Labute approximate surface area is 205 Å². The van der Waals surface area contributed by atoms with Crippen LogP contribution in [0.4, 0.5) is 0 Å². The zero-order valence-electron chi connectivity index (χ0n) is 18.2. The first-order valence-electron chi connectivity index (χ1n) is 10.6. The Kier molecular flexibility index (Phi) is 5.88. The fourth-order valence-corrected chi connectivity index (χ4v) is 5.12. The molecule has 0 bridgehead atoms. The molecular weight excluding hydrogens is 462 g/mol. The first kappa shape index (κ1) is 21.9. The van der Waals surface area contributed by atoms with Crippen LogP contribution in [0.2, 0.25) is 0 Å². The SMILES string of the molecule is Cn1c(=NC(=S)NC(=O)c2ccc(C(=O)c3ccccc3)cc2)sc2ccc3ccccc3c21. The molecule has 5 nitrogen and oxygen atoms in total. The molecule has 0 aliphatic heterocycles. The number of hydrogen-bond acceptors (Lipinski definition) is 4.